The molecule has 0 atom stereocenters. The lowest BCUT2D eigenvalue weighted by Gasteiger charge is -2.21. The smallest absolute Gasteiger partial charge is 0.141 e. The summed E-state index contributed by atoms with van der Waals surface area (Å²) < 4.78 is 0. The predicted octanol–water partition coefficient (Wildman–Crippen LogP) is 3.70. The van der Waals surface area contributed by atoms with Gasteiger partial charge in [0.05, 0.1) is 0 Å². The number of anilines is 2. The zero-order valence-corrected chi connectivity index (χ0v) is 11.9. The first kappa shape index (κ1) is 12.4. The lowest BCUT2D eigenvalue weighted by atomic mass is 10.2. The Morgan fingerprint density at radius 2 is 2.05 bits per heavy atom. The summed E-state index contributed by atoms with van der Waals surface area (Å²) >= 11 is 6.23. The molecule has 1 aromatic carbocycles. The molecule has 2 aromatic rings. The van der Waals surface area contributed by atoms with Crippen LogP contribution in [0.2, 0.25) is 5.15 Å². The van der Waals surface area contributed by atoms with E-state index >= 15 is 0 Å². The van der Waals surface area contributed by atoms with Gasteiger partial charge < -0.3 is 4.90 Å². The van der Waals surface area contributed by atoms with Gasteiger partial charge in [-0.2, -0.15) is 0 Å². The molecule has 4 heteroatoms. The number of rotatable bonds is 2. The highest BCUT2D eigenvalue weighted by Gasteiger charge is 2.23. The van der Waals surface area contributed by atoms with E-state index in [-0.39, 0.29) is 0 Å². The molecule has 1 aliphatic rings. The van der Waals surface area contributed by atoms with Gasteiger partial charge in [0.2, 0.25) is 0 Å². The third-order valence-corrected chi connectivity index (χ3v) is 3.93. The maximum Gasteiger partial charge on any atom is 0.141 e. The van der Waals surface area contributed by atoms with Crippen LogP contribution in [-0.4, -0.2) is 16.5 Å². The van der Waals surface area contributed by atoms with Crippen molar-refractivity contribution in [1.82, 2.24) is 9.97 Å². The molecule has 98 valence electrons. The molecule has 0 bridgehead atoms. The predicted molar refractivity (Wildman–Crippen MR) is 78.3 cm³/mol. The van der Waals surface area contributed by atoms with E-state index in [1.807, 2.05) is 13.8 Å². The van der Waals surface area contributed by atoms with E-state index in [9.17, 15) is 0 Å². The second kappa shape index (κ2) is 4.82. The Balaban J connectivity index is 2.11. The van der Waals surface area contributed by atoms with Crippen molar-refractivity contribution in [3.8, 4) is 0 Å². The zero-order valence-electron chi connectivity index (χ0n) is 11.2. The van der Waals surface area contributed by atoms with Gasteiger partial charge in [-0.15, -0.1) is 0 Å². The number of para-hydroxylation sites is 1. The number of aryl methyl sites for hydroxylation is 1. The van der Waals surface area contributed by atoms with Crippen LogP contribution in [0.4, 0.5) is 11.5 Å². The molecule has 1 aromatic heterocycles. The van der Waals surface area contributed by atoms with Crippen molar-refractivity contribution in [3.05, 3.63) is 46.4 Å². The Kier molecular flexibility index (Phi) is 3.15. The van der Waals surface area contributed by atoms with Gasteiger partial charge in [-0.3, -0.25) is 0 Å². The maximum atomic E-state index is 6.23. The Bertz CT molecular complexity index is 625. The first-order chi connectivity index (χ1) is 9.20. The molecular weight excluding hydrogens is 258 g/mol. The first-order valence-corrected chi connectivity index (χ1v) is 6.97. The van der Waals surface area contributed by atoms with Gasteiger partial charge in [0, 0.05) is 24.2 Å². The Hall–Kier alpha value is -1.61. The second-order valence-electron chi connectivity index (χ2n) is 4.76. The summed E-state index contributed by atoms with van der Waals surface area (Å²) in [6.07, 6.45) is 1.85. The SMILES string of the molecule is CCc1nc(Cl)c(C)c(N2CCc3ccccc32)n1. The maximum absolute atomic E-state index is 6.23. The highest BCUT2D eigenvalue weighted by atomic mass is 35.5. The number of aromatic nitrogens is 2. The number of hydrogen-bond acceptors (Lipinski definition) is 3. The molecule has 0 N–H and O–H groups in total. The Labute approximate surface area is 118 Å². The van der Waals surface area contributed by atoms with Gasteiger partial charge in [-0.05, 0) is 25.0 Å². The van der Waals surface area contributed by atoms with E-state index in [0.29, 0.717) is 5.15 Å². The summed E-state index contributed by atoms with van der Waals surface area (Å²) in [5.74, 6) is 1.75. The van der Waals surface area contributed by atoms with Crippen LogP contribution in [0.15, 0.2) is 24.3 Å². The van der Waals surface area contributed by atoms with Crippen LogP contribution in [0.25, 0.3) is 0 Å². The second-order valence-corrected chi connectivity index (χ2v) is 5.12. The summed E-state index contributed by atoms with van der Waals surface area (Å²) in [5, 5.41) is 0.561. The van der Waals surface area contributed by atoms with Crippen molar-refractivity contribution < 1.29 is 0 Å². The molecule has 0 saturated carbocycles. The zero-order chi connectivity index (χ0) is 13.4. The minimum atomic E-state index is 0.561. The monoisotopic (exact) mass is 273 g/mol. The number of halogens is 1. The van der Waals surface area contributed by atoms with Gasteiger partial charge in [-0.25, -0.2) is 9.97 Å². The largest absolute Gasteiger partial charge is 0.325 e. The van der Waals surface area contributed by atoms with Crippen molar-refractivity contribution >= 4 is 23.1 Å². The number of benzene rings is 1. The van der Waals surface area contributed by atoms with Crippen molar-refractivity contribution in [2.24, 2.45) is 0 Å². The lowest BCUT2D eigenvalue weighted by Crippen LogP contribution is -2.17. The molecule has 2 heterocycles. The normalized spacial score (nSPS) is 13.7. The molecule has 3 rings (SSSR count). The Morgan fingerprint density at radius 3 is 2.84 bits per heavy atom. The highest BCUT2D eigenvalue weighted by molar-refractivity contribution is 6.30. The molecule has 0 radical (unpaired) electrons. The standard InChI is InChI=1S/C15H16ClN3/c1-3-13-17-14(16)10(2)15(18-13)19-9-8-11-6-4-5-7-12(11)19/h4-7H,3,8-9H2,1-2H3. The highest BCUT2D eigenvalue weighted by Crippen LogP contribution is 2.36. The van der Waals surface area contributed by atoms with E-state index in [1.165, 1.54) is 11.3 Å². The van der Waals surface area contributed by atoms with E-state index in [4.69, 9.17) is 11.6 Å². The molecule has 1 aliphatic heterocycles. The van der Waals surface area contributed by atoms with Gasteiger partial charge in [-0.1, -0.05) is 36.7 Å². The molecule has 19 heavy (non-hydrogen) atoms. The van der Waals surface area contributed by atoms with Crippen molar-refractivity contribution in [2.75, 3.05) is 11.4 Å². The van der Waals surface area contributed by atoms with Crippen molar-refractivity contribution in [2.45, 2.75) is 26.7 Å². The van der Waals surface area contributed by atoms with Crippen LogP contribution in [0, 0.1) is 6.92 Å². The summed E-state index contributed by atoms with van der Waals surface area (Å²) in [5.41, 5.74) is 3.56. The van der Waals surface area contributed by atoms with Crippen LogP contribution in [0.5, 0.6) is 0 Å². The van der Waals surface area contributed by atoms with Crippen LogP contribution in [0.3, 0.4) is 0 Å². The van der Waals surface area contributed by atoms with Crippen molar-refractivity contribution in [1.29, 1.82) is 0 Å². The fraction of sp³-hybridized carbons (Fsp3) is 0.333. The van der Waals surface area contributed by atoms with Gasteiger partial charge >= 0.3 is 0 Å². The number of fused-ring (bicyclic) bond motifs is 1. The number of hydrogen-bond donors (Lipinski definition) is 0. The van der Waals surface area contributed by atoms with Gasteiger partial charge in [0.25, 0.3) is 0 Å². The molecule has 0 aliphatic carbocycles. The van der Waals surface area contributed by atoms with Crippen LogP contribution in [-0.2, 0) is 12.8 Å². The number of nitrogens with zero attached hydrogens (tertiary/aromatic N) is 3. The van der Waals surface area contributed by atoms with Crippen molar-refractivity contribution in [3.63, 3.8) is 0 Å². The topological polar surface area (TPSA) is 29.0 Å². The minimum absolute atomic E-state index is 0.561. The van der Waals surface area contributed by atoms with E-state index in [1.54, 1.807) is 0 Å². The third kappa shape index (κ3) is 2.08. The third-order valence-electron chi connectivity index (χ3n) is 3.57. The molecule has 0 fully saturated rings. The van der Waals surface area contributed by atoms with Crippen LogP contribution in [0.1, 0.15) is 23.9 Å². The average Bonchev–Trinajstić information content (AvgIpc) is 2.85. The fourth-order valence-corrected chi connectivity index (χ4v) is 2.68. The molecular formula is C15H16ClN3. The van der Waals surface area contributed by atoms with E-state index < -0.39 is 0 Å². The molecule has 0 amide bonds. The Morgan fingerprint density at radius 1 is 1.26 bits per heavy atom. The average molecular weight is 274 g/mol. The van der Waals surface area contributed by atoms with E-state index in [0.717, 1.165) is 36.6 Å². The first-order valence-electron chi connectivity index (χ1n) is 6.59. The van der Waals surface area contributed by atoms with Gasteiger partial charge in [0.1, 0.15) is 16.8 Å². The van der Waals surface area contributed by atoms with Crippen LogP contribution < -0.4 is 4.90 Å². The molecule has 0 saturated heterocycles. The summed E-state index contributed by atoms with van der Waals surface area (Å²) in [6, 6.07) is 8.47. The fourth-order valence-electron chi connectivity index (χ4n) is 2.50. The quantitative estimate of drug-likeness (QED) is 0.782. The lowest BCUT2D eigenvalue weighted by molar-refractivity contribution is 0.891. The minimum Gasteiger partial charge on any atom is -0.325 e. The van der Waals surface area contributed by atoms with E-state index in [2.05, 4.69) is 39.1 Å². The summed E-state index contributed by atoms with van der Waals surface area (Å²) in [4.78, 5) is 11.2. The molecule has 0 unspecified atom stereocenters. The summed E-state index contributed by atoms with van der Waals surface area (Å²) in [7, 11) is 0. The molecule has 3 nitrogen and oxygen atoms in total. The van der Waals surface area contributed by atoms with Crippen LogP contribution >= 0.6 is 11.6 Å². The molecule has 0 spiro atoms. The van der Waals surface area contributed by atoms with Gasteiger partial charge in [0.15, 0.2) is 0 Å². The summed E-state index contributed by atoms with van der Waals surface area (Å²) in [6.45, 7) is 4.98.